The average molecular weight is 209 g/mol. The third-order valence-corrected chi connectivity index (χ3v) is 2.28. The molecule has 0 aliphatic rings. The number of rotatable bonds is 5. The number of hydrogen-bond donors (Lipinski definition) is 2. The van der Waals surface area contributed by atoms with Gasteiger partial charge in [0, 0.05) is 6.54 Å². The molecule has 0 fully saturated rings. The molecule has 1 rings (SSSR count). The van der Waals surface area contributed by atoms with Gasteiger partial charge in [-0.3, -0.25) is 0 Å². The minimum Gasteiger partial charge on any atom is -0.494 e. The Morgan fingerprint density at radius 1 is 1.47 bits per heavy atom. The standard InChI is InChI=1S/C12H19NO2/c1-4-15-12-6-5-10(7-9(12)2)11(14)8-13-3/h5-7,11,13-14H,4,8H2,1-3H3. The van der Waals surface area contributed by atoms with E-state index in [1.165, 1.54) is 0 Å². The van der Waals surface area contributed by atoms with Crippen molar-refractivity contribution >= 4 is 0 Å². The summed E-state index contributed by atoms with van der Waals surface area (Å²) in [7, 11) is 1.82. The Morgan fingerprint density at radius 3 is 2.73 bits per heavy atom. The van der Waals surface area contributed by atoms with E-state index in [1.807, 2.05) is 39.1 Å². The number of likely N-dealkylation sites (N-methyl/N-ethyl adjacent to an activating group) is 1. The first-order chi connectivity index (χ1) is 7.19. The lowest BCUT2D eigenvalue weighted by molar-refractivity contribution is 0.177. The molecule has 1 atom stereocenters. The molecule has 0 aromatic heterocycles. The maximum absolute atomic E-state index is 9.76. The van der Waals surface area contributed by atoms with Gasteiger partial charge in [-0.2, -0.15) is 0 Å². The number of aryl methyl sites for hydroxylation is 1. The molecule has 1 unspecified atom stereocenters. The van der Waals surface area contributed by atoms with Crippen LogP contribution in [0.5, 0.6) is 5.75 Å². The van der Waals surface area contributed by atoms with Gasteiger partial charge in [0.1, 0.15) is 5.75 Å². The smallest absolute Gasteiger partial charge is 0.122 e. The highest BCUT2D eigenvalue weighted by molar-refractivity contribution is 5.37. The molecule has 15 heavy (non-hydrogen) atoms. The predicted molar refractivity (Wildman–Crippen MR) is 61.2 cm³/mol. The van der Waals surface area contributed by atoms with Crippen molar-refractivity contribution in [3.8, 4) is 5.75 Å². The van der Waals surface area contributed by atoms with Gasteiger partial charge >= 0.3 is 0 Å². The lowest BCUT2D eigenvalue weighted by Gasteiger charge is -2.13. The SMILES string of the molecule is CCOc1ccc(C(O)CNC)cc1C. The van der Waals surface area contributed by atoms with E-state index in [-0.39, 0.29) is 0 Å². The molecule has 1 aromatic rings. The number of aliphatic hydroxyl groups excluding tert-OH is 1. The normalized spacial score (nSPS) is 12.5. The fourth-order valence-electron chi connectivity index (χ4n) is 1.51. The van der Waals surface area contributed by atoms with Gasteiger partial charge in [-0.05, 0) is 44.2 Å². The average Bonchev–Trinajstić information content (AvgIpc) is 2.21. The first-order valence-electron chi connectivity index (χ1n) is 5.25. The molecule has 3 nitrogen and oxygen atoms in total. The van der Waals surface area contributed by atoms with Crippen LogP contribution in [-0.2, 0) is 0 Å². The van der Waals surface area contributed by atoms with Crippen LogP contribution in [0.1, 0.15) is 24.2 Å². The Bertz CT molecular complexity index is 312. The van der Waals surface area contributed by atoms with E-state index in [0.717, 1.165) is 16.9 Å². The van der Waals surface area contributed by atoms with Crippen LogP contribution in [0.15, 0.2) is 18.2 Å². The molecule has 0 aliphatic carbocycles. The molecule has 1 aromatic carbocycles. The summed E-state index contributed by atoms with van der Waals surface area (Å²) in [5.41, 5.74) is 1.98. The minimum atomic E-state index is -0.454. The highest BCUT2D eigenvalue weighted by atomic mass is 16.5. The van der Waals surface area contributed by atoms with Crippen LogP contribution in [0.25, 0.3) is 0 Å². The number of nitrogens with one attached hydrogen (secondary N) is 1. The Morgan fingerprint density at radius 2 is 2.20 bits per heavy atom. The van der Waals surface area contributed by atoms with Gasteiger partial charge in [0.25, 0.3) is 0 Å². The number of ether oxygens (including phenoxy) is 1. The van der Waals surface area contributed by atoms with Gasteiger partial charge < -0.3 is 15.2 Å². The largest absolute Gasteiger partial charge is 0.494 e. The summed E-state index contributed by atoms with van der Waals surface area (Å²) >= 11 is 0. The van der Waals surface area contributed by atoms with Gasteiger partial charge in [0.2, 0.25) is 0 Å². The summed E-state index contributed by atoms with van der Waals surface area (Å²) in [5, 5.41) is 12.7. The minimum absolute atomic E-state index is 0.454. The lowest BCUT2D eigenvalue weighted by atomic mass is 10.1. The van der Waals surface area contributed by atoms with E-state index in [2.05, 4.69) is 5.32 Å². The Kier molecular flexibility index (Phi) is 4.59. The van der Waals surface area contributed by atoms with Crippen molar-refractivity contribution in [1.82, 2.24) is 5.32 Å². The monoisotopic (exact) mass is 209 g/mol. The zero-order chi connectivity index (χ0) is 11.3. The molecule has 3 heteroatoms. The number of aliphatic hydroxyl groups is 1. The van der Waals surface area contributed by atoms with Crippen molar-refractivity contribution in [3.05, 3.63) is 29.3 Å². The summed E-state index contributed by atoms with van der Waals surface area (Å²) < 4.78 is 5.43. The summed E-state index contributed by atoms with van der Waals surface area (Å²) in [6.45, 7) is 5.18. The summed E-state index contributed by atoms with van der Waals surface area (Å²) in [6, 6.07) is 5.78. The Labute approximate surface area is 91.1 Å². The van der Waals surface area contributed by atoms with Crippen LogP contribution < -0.4 is 10.1 Å². The van der Waals surface area contributed by atoms with Crippen molar-refractivity contribution in [2.75, 3.05) is 20.2 Å². The third-order valence-electron chi connectivity index (χ3n) is 2.28. The van der Waals surface area contributed by atoms with E-state index in [0.29, 0.717) is 13.2 Å². The zero-order valence-corrected chi connectivity index (χ0v) is 9.58. The van der Waals surface area contributed by atoms with E-state index in [1.54, 1.807) is 0 Å². The van der Waals surface area contributed by atoms with Crippen LogP contribution in [0, 0.1) is 6.92 Å². The molecule has 0 amide bonds. The molecule has 0 spiro atoms. The zero-order valence-electron chi connectivity index (χ0n) is 9.58. The van der Waals surface area contributed by atoms with Gasteiger partial charge in [0.05, 0.1) is 12.7 Å². The van der Waals surface area contributed by atoms with E-state index in [4.69, 9.17) is 4.74 Å². The van der Waals surface area contributed by atoms with Crippen molar-refractivity contribution in [3.63, 3.8) is 0 Å². The first-order valence-corrected chi connectivity index (χ1v) is 5.25. The van der Waals surface area contributed by atoms with Gasteiger partial charge in [0.15, 0.2) is 0 Å². The van der Waals surface area contributed by atoms with Gasteiger partial charge in [-0.15, -0.1) is 0 Å². The van der Waals surface area contributed by atoms with E-state index < -0.39 is 6.10 Å². The Balaban J connectivity index is 2.81. The molecular weight excluding hydrogens is 190 g/mol. The molecule has 84 valence electrons. The Hall–Kier alpha value is -1.06. The van der Waals surface area contributed by atoms with E-state index in [9.17, 15) is 5.11 Å². The topological polar surface area (TPSA) is 41.5 Å². The summed E-state index contributed by atoms with van der Waals surface area (Å²) in [4.78, 5) is 0. The fraction of sp³-hybridized carbons (Fsp3) is 0.500. The second kappa shape index (κ2) is 5.73. The maximum atomic E-state index is 9.76. The highest BCUT2D eigenvalue weighted by Gasteiger charge is 2.08. The molecule has 0 bridgehead atoms. The number of benzene rings is 1. The molecule has 0 saturated heterocycles. The summed E-state index contributed by atoms with van der Waals surface area (Å²) in [6.07, 6.45) is -0.454. The second-order valence-electron chi connectivity index (χ2n) is 3.53. The molecule has 0 aliphatic heterocycles. The van der Waals surface area contributed by atoms with Crippen LogP contribution in [0.2, 0.25) is 0 Å². The second-order valence-corrected chi connectivity index (χ2v) is 3.53. The van der Waals surface area contributed by atoms with Crippen molar-refractivity contribution in [2.24, 2.45) is 0 Å². The van der Waals surface area contributed by atoms with Gasteiger partial charge in [-0.1, -0.05) is 6.07 Å². The molecule has 0 radical (unpaired) electrons. The molecule has 0 saturated carbocycles. The van der Waals surface area contributed by atoms with Crippen LogP contribution in [0.3, 0.4) is 0 Å². The summed E-state index contributed by atoms with van der Waals surface area (Å²) in [5.74, 6) is 0.887. The van der Waals surface area contributed by atoms with E-state index >= 15 is 0 Å². The van der Waals surface area contributed by atoms with Crippen LogP contribution >= 0.6 is 0 Å². The van der Waals surface area contributed by atoms with Crippen molar-refractivity contribution in [1.29, 1.82) is 0 Å². The number of hydrogen-bond acceptors (Lipinski definition) is 3. The highest BCUT2D eigenvalue weighted by Crippen LogP contribution is 2.22. The van der Waals surface area contributed by atoms with Gasteiger partial charge in [-0.25, -0.2) is 0 Å². The van der Waals surface area contributed by atoms with Crippen LogP contribution in [0.4, 0.5) is 0 Å². The fourth-order valence-corrected chi connectivity index (χ4v) is 1.51. The van der Waals surface area contributed by atoms with Crippen molar-refractivity contribution < 1.29 is 9.84 Å². The van der Waals surface area contributed by atoms with Crippen molar-refractivity contribution in [2.45, 2.75) is 20.0 Å². The maximum Gasteiger partial charge on any atom is 0.122 e. The quantitative estimate of drug-likeness (QED) is 0.774. The molecular formula is C12H19NO2. The third kappa shape index (κ3) is 3.22. The lowest BCUT2D eigenvalue weighted by Crippen LogP contribution is -2.16. The molecule has 2 N–H and O–H groups in total. The molecule has 0 heterocycles. The predicted octanol–water partition coefficient (Wildman–Crippen LogP) is 1.65. The van der Waals surface area contributed by atoms with Crippen LogP contribution in [-0.4, -0.2) is 25.3 Å². The first kappa shape index (κ1) is 12.0.